The van der Waals surface area contributed by atoms with Crippen LogP contribution in [0.2, 0.25) is 5.02 Å². The summed E-state index contributed by atoms with van der Waals surface area (Å²) in [4.78, 5) is 28.1. The van der Waals surface area contributed by atoms with Gasteiger partial charge in [0, 0.05) is 5.02 Å². The summed E-state index contributed by atoms with van der Waals surface area (Å²) in [5, 5.41) is 22.5. The number of aromatic hydroxyl groups is 1. The average Bonchev–Trinajstić information content (AvgIpc) is 3.14. The fourth-order valence-corrected chi connectivity index (χ4v) is 4.64. The molecule has 3 aromatic carbocycles. The van der Waals surface area contributed by atoms with E-state index in [4.69, 9.17) is 21.1 Å². The van der Waals surface area contributed by atoms with Crippen molar-refractivity contribution in [1.82, 2.24) is 0 Å². The molecule has 0 saturated carbocycles. The van der Waals surface area contributed by atoms with E-state index in [-0.39, 0.29) is 44.5 Å². The van der Waals surface area contributed by atoms with Crippen molar-refractivity contribution in [3.8, 4) is 17.2 Å². The molecule has 1 unspecified atom stereocenters. The Morgan fingerprint density at radius 2 is 1.54 bits per heavy atom. The Kier molecular flexibility index (Phi) is 6.93. The maximum Gasteiger partial charge on any atom is 0.300 e. The summed E-state index contributed by atoms with van der Waals surface area (Å²) in [5.74, 6) is -2.02. The third-order valence-electron chi connectivity index (χ3n) is 6.40. The van der Waals surface area contributed by atoms with Gasteiger partial charge in [-0.3, -0.25) is 14.5 Å². The van der Waals surface area contributed by atoms with Crippen molar-refractivity contribution in [3.63, 3.8) is 0 Å². The summed E-state index contributed by atoms with van der Waals surface area (Å²) >= 11 is 6.19. The largest absolute Gasteiger partial charge is 0.506 e. The number of methoxy groups -OCH3 is 2. The lowest BCUT2D eigenvalue weighted by Crippen LogP contribution is -2.29. The van der Waals surface area contributed by atoms with Crippen molar-refractivity contribution in [2.24, 2.45) is 0 Å². The summed E-state index contributed by atoms with van der Waals surface area (Å²) in [6.07, 6.45) is 0. The number of hydrogen-bond acceptors (Lipinski definition) is 6. The molecule has 2 N–H and O–H groups in total. The molecule has 0 aliphatic carbocycles. The van der Waals surface area contributed by atoms with E-state index in [1.807, 2.05) is 12.1 Å². The van der Waals surface area contributed by atoms with Gasteiger partial charge in [0.2, 0.25) is 0 Å². The SMILES string of the molecule is COc1cccc(OC)c1/C(O)=C1\C(=O)C(=O)N(c2cc(Cl)ccc2O)C1c1ccc(C(C)(C)C)cc1. The number of Topliss-reactive ketones (excluding diaryl/α,β-unsaturated/α-hetero) is 1. The first kappa shape index (κ1) is 26.1. The van der Waals surface area contributed by atoms with Gasteiger partial charge in [0.1, 0.15) is 28.6 Å². The lowest BCUT2D eigenvalue weighted by Gasteiger charge is -2.27. The lowest BCUT2D eigenvalue weighted by atomic mass is 9.85. The molecule has 0 radical (unpaired) electrons. The predicted octanol–water partition coefficient (Wildman–Crippen LogP) is 5.99. The maximum atomic E-state index is 13.5. The van der Waals surface area contributed by atoms with Gasteiger partial charge in [-0.1, -0.05) is 62.7 Å². The number of anilines is 1. The molecule has 1 fully saturated rings. The number of aliphatic hydroxyl groups is 1. The highest BCUT2D eigenvalue weighted by Crippen LogP contribution is 2.47. The van der Waals surface area contributed by atoms with E-state index in [0.717, 1.165) is 10.5 Å². The molecule has 1 aliphatic heterocycles. The summed E-state index contributed by atoms with van der Waals surface area (Å²) < 4.78 is 10.9. The summed E-state index contributed by atoms with van der Waals surface area (Å²) in [6, 6.07) is 15.5. The molecule has 1 amide bonds. The number of rotatable bonds is 5. The van der Waals surface area contributed by atoms with E-state index < -0.39 is 23.5 Å². The number of amides is 1. The van der Waals surface area contributed by atoms with E-state index in [2.05, 4.69) is 20.8 Å². The van der Waals surface area contributed by atoms with Crippen LogP contribution in [0.15, 0.2) is 66.2 Å². The van der Waals surface area contributed by atoms with Crippen LogP contribution in [0.5, 0.6) is 17.2 Å². The van der Waals surface area contributed by atoms with Gasteiger partial charge in [-0.2, -0.15) is 0 Å². The summed E-state index contributed by atoms with van der Waals surface area (Å²) in [5.41, 5.74) is 1.49. The zero-order valence-corrected chi connectivity index (χ0v) is 22.0. The van der Waals surface area contributed by atoms with E-state index in [1.165, 1.54) is 32.4 Å². The zero-order valence-electron chi connectivity index (χ0n) is 21.2. The van der Waals surface area contributed by atoms with Crippen LogP contribution in [0.1, 0.15) is 43.5 Å². The number of ether oxygens (including phenoxy) is 2. The molecule has 4 rings (SSSR count). The van der Waals surface area contributed by atoms with Crippen LogP contribution < -0.4 is 14.4 Å². The number of phenols is 1. The number of halogens is 1. The Bertz CT molecular complexity index is 1380. The van der Waals surface area contributed by atoms with Crippen molar-refractivity contribution in [1.29, 1.82) is 0 Å². The summed E-state index contributed by atoms with van der Waals surface area (Å²) in [7, 11) is 2.85. The van der Waals surface area contributed by atoms with Crippen LogP contribution in [0.3, 0.4) is 0 Å². The predicted molar refractivity (Wildman–Crippen MR) is 143 cm³/mol. The molecule has 7 nitrogen and oxygen atoms in total. The third-order valence-corrected chi connectivity index (χ3v) is 6.63. The molecule has 1 aliphatic rings. The number of carbonyl (C=O) groups is 2. The van der Waals surface area contributed by atoms with Crippen LogP contribution in [0.25, 0.3) is 5.76 Å². The Morgan fingerprint density at radius 1 is 0.946 bits per heavy atom. The Labute approximate surface area is 220 Å². The molecule has 1 saturated heterocycles. The fourth-order valence-electron chi connectivity index (χ4n) is 4.47. The van der Waals surface area contributed by atoms with Gasteiger partial charge in [0.15, 0.2) is 0 Å². The fraction of sp³-hybridized carbons (Fsp3) is 0.241. The van der Waals surface area contributed by atoms with Gasteiger partial charge >= 0.3 is 0 Å². The normalized spacial score (nSPS) is 17.2. The van der Waals surface area contributed by atoms with Gasteiger partial charge in [-0.25, -0.2) is 0 Å². The monoisotopic (exact) mass is 521 g/mol. The number of ketones is 1. The first-order valence-corrected chi connectivity index (χ1v) is 12.0. The van der Waals surface area contributed by atoms with Crippen LogP contribution in [-0.4, -0.2) is 36.1 Å². The molecular formula is C29H28ClNO6. The van der Waals surface area contributed by atoms with Gasteiger partial charge in [0.05, 0.1) is 31.5 Å². The second-order valence-electron chi connectivity index (χ2n) is 9.71. The molecule has 37 heavy (non-hydrogen) atoms. The van der Waals surface area contributed by atoms with E-state index in [9.17, 15) is 19.8 Å². The van der Waals surface area contributed by atoms with Gasteiger partial charge in [-0.05, 0) is 46.9 Å². The molecule has 0 bridgehead atoms. The van der Waals surface area contributed by atoms with Crippen molar-refractivity contribution in [3.05, 3.63) is 87.9 Å². The van der Waals surface area contributed by atoms with Gasteiger partial charge in [-0.15, -0.1) is 0 Å². The van der Waals surface area contributed by atoms with Gasteiger partial charge < -0.3 is 19.7 Å². The van der Waals surface area contributed by atoms with Crippen molar-refractivity contribution in [2.45, 2.75) is 32.2 Å². The number of nitrogens with zero attached hydrogens (tertiary/aromatic N) is 1. The average molecular weight is 522 g/mol. The standard InChI is InChI=1S/C29H28ClNO6/c1-29(2,3)17-11-9-16(10-12-17)25-24(26(33)23-21(36-4)7-6-8-22(23)37-5)27(34)28(35)31(25)19-15-18(30)13-14-20(19)32/h6-15,25,32-33H,1-5H3/b26-24+. The van der Waals surface area contributed by atoms with E-state index in [0.29, 0.717) is 5.56 Å². The first-order valence-electron chi connectivity index (χ1n) is 11.6. The van der Waals surface area contributed by atoms with E-state index >= 15 is 0 Å². The van der Waals surface area contributed by atoms with Crippen molar-refractivity contribution >= 4 is 34.7 Å². The van der Waals surface area contributed by atoms with Crippen molar-refractivity contribution < 1.29 is 29.3 Å². The third kappa shape index (κ3) is 4.62. The number of aliphatic hydroxyl groups excluding tert-OH is 1. The van der Waals surface area contributed by atoms with Crippen LogP contribution >= 0.6 is 11.6 Å². The number of carbonyl (C=O) groups excluding carboxylic acids is 2. The second kappa shape index (κ2) is 9.82. The molecule has 1 heterocycles. The lowest BCUT2D eigenvalue weighted by molar-refractivity contribution is -0.132. The first-order chi connectivity index (χ1) is 17.5. The highest BCUT2D eigenvalue weighted by atomic mass is 35.5. The summed E-state index contributed by atoms with van der Waals surface area (Å²) in [6.45, 7) is 6.23. The number of benzene rings is 3. The minimum absolute atomic E-state index is 0.0468. The molecular weight excluding hydrogens is 494 g/mol. The topological polar surface area (TPSA) is 96.3 Å². The van der Waals surface area contributed by atoms with Crippen LogP contribution in [0, 0.1) is 0 Å². The van der Waals surface area contributed by atoms with Crippen LogP contribution in [0.4, 0.5) is 5.69 Å². The van der Waals surface area contributed by atoms with Gasteiger partial charge in [0.25, 0.3) is 11.7 Å². The minimum atomic E-state index is -1.06. The smallest absolute Gasteiger partial charge is 0.300 e. The number of phenolic OH excluding ortho intramolecular Hbond substituents is 1. The molecule has 192 valence electrons. The Hall–Kier alpha value is -3.97. The highest BCUT2D eigenvalue weighted by Gasteiger charge is 2.48. The number of hydrogen-bond donors (Lipinski definition) is 2. The maximum absolute atomic E-state index is 13.5. The molecule has 3 aromatic rings. The molecule has 0 aromatic heterocycles. The van der Waals surface area contributed by atoms with E-state index in [1.54, 1.807) is 30.3 Å². The Balaban J connectivity index is 2.03. The minimum Gasteiger partial charge on any atom is -0.506 e. The zero-order chi connectivity index (χ0) is 27.1. The highest BCUT2D eigenvalue weighted by molar-refractivity contribution is 6.52. The van der Waals surface area contributed by atoms with Crippen molar-refractivity contribution in [2.75, 3.05) is 19.1 Å². The van der Waals surface area contributed by atoms with Crippen LogP contribution in [-0.2, 0) is 15.0 Å². The molecule has 8 heteroatoms. The quantitative estimate of drug-likeness (QED) is 0.243. The second-order valence-corrected chi connectivity index (χ2v) is 10.1. The molecule has 1 atom stereocenters. The Morgan fingerprint density at radius 3 is 2.08 bits per heavy atom. The molecule has 0 spiro atoms.